The predicted molar refractivity (Wildman–Crippen MR) is 58.5 cm³/mol. The van der Waals surface area contributed by atoms with Crippen molar-refractivity contribution >= 4 is 32.4 Å². The van der Waals surface area contributed by atoms with Crippen LogP contribution in [0.4, 0.5) is 12.6 Å². The van der Waals surface area contributed by atoms with Crippen molar-refractivity contribution in [2.45, 2.75) is 0 Å². The molecule has 12 heteroatoms. The molecule has 1 aliphatic rings. The first-order chi connectivity index (χ1) is 8.49. The second kappa shape index (κ2) is 5.36. The zero-order valence-electron chi connectivity index (χ0n) is 9.45. The Morgan fingerprint density at radius 3 is 1.89 bits per heavy atom. The number of rotatable bonds is 6. The lowest BCUT2D eigenvalue weighted by Crippen LogP contribution is -2.37. The standard InChI is InChI=1S/C7H10F2N2O6S2/c8-18(14,15)3-1-10-5-6(12)11(7(10)13)2-4-19(9,16)17/h1-5H2. The molecule has 1 fully saturated rings. The fourth-order valence-corrected chi connectivity index (χ4v) is 2.25. The topological polar surface area (TPSA) is 109 Å². The molecule has 0 aromatic carbocycles. The van der Waals surface area contributed by atoms with Crippen LogP contribution >= 0.6 is 0 Å². The second-order valence-electron chi connectivity index (χ2n) is 3.74. The molecule has 0 aromatic rings. The van der Waals surface area contributed by atoms with Crippen LogP contribution in [0.1, 0.15) is 0 Å². The number of nitrogens with zero attached hydrogens (tertiary/aromatic N) is 2. The summed E-state index contributed by atoms with van der Waals surface area (Å²) in [5.41, 5.74) is 0. The van der Waals surface area contributed by atoms with E-state index in [2.05, 4.69) is 0 Å². The van der Waals surface area contributed by atoms with E-state index in [9.17, 15) is 34.2 Å². The highest BCUT2D eigenvalue weighted by Gasteiger charge is 2.36. The van der Waals surface area contributed by atoms with E-state index in [-0.39, 0.29) is 0 Å². The minimum absolute atomic E-state index is 0.474. The van der Waals surface area contributed by atoms with Gasteiger partial charge in [-0.3, -0.25) is 9.69 Å². The highest BCUT2D eigenvalue weighted by Crippen LogP contribution is 2.11. The van der Waals surface area contributed by atoms with E-state index in [1.54, 1.807) is 0 Å². The Morgan fingerprint density at radius 1 is 0.947 bits per heavy atom. The first kappa shape index (κ1) is 15.8. The lowest BCUT2D eigenvalue weighted by Gasteiger charge is -2.15. The van der Waals surface area contributed by atoms with E-state index >= 15 is 0 Å². The summed E-state index contributed by atoms with van der Waals surface area (Å²) in [6.07, 6.45) is 0. The molecule has 19 heavy (non-hydrogen) atoms. The SMILES string of the molecule is O=C1CN(CCS(=O)(=O)F)C(=O)N1CCS(=O)(=O)F. The Hall–Kier alpha value is -1.30. The zero-order chi connectivity index (χ0) is 14.8. The molecule has 3 amide bonds. The number of halogens is 2. The van der Waals surface area contributed by atoms with Crippen molar-refractivity contribution in [2.75, 3.05) is 31.1 Å². The van der Waals surface area contributed by atoms with Gasteiger partial charge in [-0.05, 0) is 0 Å². The van der Waals surface area contributed by atoms with Crippen LogP contribution in [0.15, 0.2) is 0 Å². The Kier molecular flexibility index (Phi) is 4.45. The summed E-state index contributed by atoms with van der Waals surface area (Å²) in [5.74, 6) is -2.81. The predicted octanol–water partition coefficient (Wildman–Crippen LogP) is -1.15. The highest BCUT2D eigenvalue weighted by molar-refractivity contribution is 7.86. The minimum atomic E-state index is -4.83. The van der Waals surface area contributed by atoms with Gasteiger partial charge in [0.05, 0.1) is 11.5 Å². The maximum absolute atomic E-state index is 12.3. The quantitative estimate of drug-likeness (QED) is 0.451. The minimum Gasteiger partial charge on any atom is -0.314 e. The molecule has 8 nitrogen and oxygen atoms in total. The number of carbonyl (C=O) groups is 2. The maximum Gasteiger partial charge on any atom is 0.327 e. The van der Waals surface area contributed by atoms with Crippen molar-refractivity contribution < 1.29 is 34.2 Å². The monoisotopic (exact) mass is 320 g/mol. The smallest absolute Gasteiger partial charge is 0.314 e. The molecule has 1 aliphatic heterocycles. The molecular weight excluding hydrogens is 310 g/mol. The number of imide groups is 1. The Morgan fingerprint density at radius 2 is 1.42 bits per heavy atom. The normalized spacial score (nSPS) is 17.4. The van der Waals surface area contributed by atoms with Crippen molar-refractivity contribution in [2.24, 2.45) is 0 Å². The molecule has 0 aliphatic carbocycles. The summed E-state index contributed by atoms with van der Waals surface area (Å²) in [6, 6.07) is -0.975. The molecule has 0 saturated carbocycles. The first-order valence-electron chi connectivity index (χ1n) is 4.93. The van der Waals surface area contributed by atoms with Crippen molar-refractivity contribution in [3.05, 3.63) is 0 Å². The van der Waals surface area contributed by atoms with Crippen molar-refractivity contribution in [3.8, 4) is 0 Å². The van der Waals surface area contributed by atoms with Crippen LogP contribution in [0, 0.1) is 0 Å². The van der Waals surface area contributed by atoms with Crippen LogP contribution in [0.5, 0.6) is 0 Å². The molecule has 0 radical (unpaired) electrons. The van der Waals surface area contributed by atoms with Gasteiger partial charge in [0.25, 0.3) is 0 Å². The van der Waals surface area contributed by atoms with Gasteiger partial charge < -0.3 is 4.90 Å². The average molecular weight is 320 g/mol. The summed E-state index contributed by atoms with van der Waals surface area (Å²) in [7, 11) is -9.62. The third-order valence-electron chi connectivity index (χ3n) is 2.29. The first-order valence-corrected chi connectivity index (χ1v) is 8.04. The number of urea groups is 1. The molecule has 110 valence electrons. The van der Waals surface area contributed by atoms with Gasteiger partial charge in [0.2, 0.25) is 5.91 Å². The number of hydrogen-bond donors (Lipinski definition) is 0. The lowest BCUT2D eigenvalue weighted by atomic mass is 10.5. The van der Waals surface area contributed by atoms with E-state index in [4.69, 9.17) is 0 Å². The largest absolute Gasteiger partial charge is 0.327 e. The van der Waals surface area contributed by atoms with Gasteiger partial charge in [0.15, 0.2) is 0 Å². The fraction of sp³-hybridized carbons (Fsp3) is 0.714. The summed E-state index contributed by atoms with van der Waals surface area (Å²) in [6.45, 7) is -1.71. The highest BCUT2D eigenvalue weighted by atomic mass is 32.3. The van der Waals surface area contributed by atoms with Crippen LogP contribution in [0.25, 0.3) is 0 Å². The average Bonchev–Trinajstić information content (AvgIpc) is 2.46. The molecule has 0 aromatic heterocycles. The van der Waals surface area contributed by atoms with Gasteiger partial charge in [-0.15, -0.1) is 7.77 Å². The van der Waals surface area contributed by atoms with Crippen LogP contribution in [0.3, 0.4) is 0 Å². The van der Waals surface area contributed by atoms with Crippen LogP contribution in [0.2, 0.25) is 0 Å². The van der Waals surface area contributed by atoms with Crippen molar-refractivity contribution in [1.29, 1.82) is 0 Å². The number of carbonyl (C=O) groups excluding carboxylic acids is 2. The lowest BCUT2D eigenvalue weighted by molar-refractivity contribution is -0.125. The zero-order valence-corrected chi connectivity index (χ0v) is 11.1. The van der Waals surface area contributed by atoms with Crippen LogP contribution < -0.4 is 0 Å². The number of hydrogen-bond acceptors (Lipinski definition) is 6. The van der Waals surface area contributed by atoms with Gasteiger partial charge >= 0.3 is 26.5 Å². The van der Waals surface area contributed by atoms with Crippen molar-refractivity contribution in [1.82, 2.24) is 9.80 Å². The maximum atomic E-state index is 12.3. The van der Waals surface area contributed by atoms with Crippen LogP contribution in [-0.2, 0) is 25.2 Å². The Labute approximate surface area is 108 Å². The van der Waals surface area contributed by atoms with E-state index in [0.717, 1.165) is 4.90 Å². The second-order valence-corrected chi connectivity index (χ2v) is 6.71. The van der Waals surface area contributed by atoms with Gasteiger partial charge in [0.1, 0.15) is 6.54 Å². The third-order valence-corrected chi connectivity index (χ3v) is 3.63. The molecule has 0 unspecified atom stereocenters. The van der Waals surface area contributed by atoms with E-state index in [1.807, 2.05) is 0 Å². The number of amides is 3. The fourth-order valence-electron chi connectivity index (χ4n) is 1.41. The Balaban J connectivity index is 2.63. The molecule has 0 N–H and O–H groups in total. The molecule has 1 saturated heterocycles. The van der Waals surface area contributed by atoms with Gasteiger partial charge in [-0.1, -0.05) is 0 Å². The van der Waals surface area contributed by atoms with Crippen molar-refractivity contribution in [3.63, 3.8) is 0 Å². The van der Waals surface area contributed by atoms with E-state index in [0.29, 0.717) is 4.90 Å². The summed E-state index contributed by atoms with van der Waals surface area (Å²) in [4.78, 5) is 24.1. The van der Waals surface area contributed by atoms with E-state index in [1.165, 1.54) is 0 Å². The summed E-state index contributed by atoms with van der Waals surface area (Å²) >= 11 is 0. The molecule has 0 bridgehead atoms. The molecule has 0 spiro atoms. The van der Waals surface area contributed by atoms with Crippen LogP contribution in [-0.4, -0.2) is 69.7 Å². The third kappa shape index (κ3) is 5.06. The van der Waals surface area contributed by atoms with E-state index < -0.39 is 63.5 Å². The summed E-state index contributed by atoms with van der Waals surface area (Å²) in [5, 5.41) is 0. The molecule has 0 atom stereocenters. The summed E-state index contributed by atoms with van der Waals surface area (Å²) < 4.78 is 65.7. The Bertz CT molecular complexity index is 587. The molecule has 1 heterocycles. The van der Waals surface area contributed by atoms with Gasteiger partial charge in [-0.2, -0.15) is 16.8 Å². The van der Waals surface area contributed by atoms with Gasteiger partial charge in [0, 0.05) is 13.1 Å². The molecule has 1 rings (SSSR count). The van der Waals surface area contributed by atoms with Gasteiger partial charge in [-0.25, -0.2) is 4.79 Å². The molecular formula is C7H10F2N2O6S2.